The minimum atomic E-state index is -0.823. The Morgan fingerprint density at radius 1 is 1.28 bits per heavy atom. The highest BCUT2D eigenvalue weighted by atomic mass is 16.2. The Morgan fingerprint density at radius 2 is 1.94 bits per heavy atom. The quantitative estimate of drug-likeness (QED) is 0.782. The number of hydrazine groups is 1. The lowest BCUT2D eigenvalue weighted by molar-refractivity contribution is -0.132. The van der Waals surface area contributed by atoms with Crippen molar-refractivity contribution < 1.29 is 9.59 Å². The van der Waals surface area contributed by atoms with Gasteiger partial charge in [0.1, 0.15) is 5.54 Å². The van der Waals surface area contributed by atoms with Crippen LogP contribution in [-0.4, -0.2) is 29.5 Å². The molecule has 5 heteroatoms. The van der Waals surface area contributed by atoms with Crippen LogP contribution in [-0.2, 0) is 11.2 Å². The second-order valence-corrected chi connectivity index (χ2v) is 4.61. The standard InChI is InChI=1S/C13H17N3O2/c1-13(9-8-10-6-4-3-5-7-10)11(17)16(14-2)12(18)15-13/h3-7,14H,8-9H2,1-2H3,(H,15,18). The summed E-state index contributed by atoms with van der Waals surface area (Å²) < 4.78 is 0. The van der Waals surface area contributed by atoms with E-state index in [1.165, 1.54) is 0 Å². The van der Waals surface area contributed by atoms with E-state index < -0.39 is 11.6 Å². The fraction of sp³-hybridized carbons (Fsp3) is 0.385. The van der Waals surface area contributed by atoms with Crippen LogP contribution in [0.25, 0.3) is 0 Å². The molecule has 3 amide bonds. The molecule has 1 saturated heterocycles. The first kappa shape index (κ1) is 12.6. The van der Waals surface area contributed by atoms with Gasteiger partial charge in [-0.15, -0.1) is 0 Å². The Hall–Kier alpha value is -1.88. The Balaban J connectivity index is 2.05. The summed E-state index contributed by atoms with van der Waals surface area (Å²) >= 11 is 0. The fourth-order valence-corrected chi connectivity index (χ4v) is 2.10. The number of benzene rings is 1. The summed E-state index contributed by atoms with van der Waals surface area (Å²) in [7, 11) is 1.56. The van der Waals surface area contributed by atoms with E-state index in [0.717, 1.165) is 17.0 Å². The van der Waals surface area contributed by atoms with Crippen LogP contribution in [0.5, 0.6) is 0 Å². The summed E-state index contributed by atoms with van der Waals surface area (Å²) in [5.74, 6) is -0.231. The summed E-state index contributed by atoms with van der Waals surface area (Å²) in [5, 5.41) is 3.75. The van der Waals surface area contributed by atoms with Gasteiger partial charge in [0.2, 0.25) is 0 Å². The zero-order valence-electron chi connectivity index (χ0n) is 10.6. The maximum Gasteiger partial charge on any atom is 0.339 e. The van der Waals surface area contributed by atoms with Crippen LogP contribution in [0.15, 0.2) is 30.3 Å². The highest BCUT2D eigenvalue weighted by Gasteiger charge is 2.47. The van der Waals surface area contributed by atoms with Crippen molar-refractivity contribution in [2.75, 3.05) is 7.05 Å². The Kier molecular flexibility index (Phi) is 3.34. The lowest BCUT2D eigenvalue weighted by Gasteiger charge is -2.21. The summed E-state index contributed by atoms with van der Waals surface area (Å²) in [4.78, 5) is 23.6. The van der Waals surface area contributed by atoms with Gasteiger partial charge in [0.25, 0.3) is 5.91 Å². The predicted molar refractivity (Wildman–Crippen MR) is 67.6 cm³/mol. The predicted octanol–water partition coefficient (Wildman–Crippen LogP) is 1.06. The smallest absolute Gasteiger partial charge is 0.322 e. The molecular formula is C13H17N3O2. The van der Waals surface area contributed by atoms with E-state index in [0.29, 0.717) is 6.42 Å². The molecule has 1 fully saturated rings. The van der Waals surface area contributed by atoms with Gasteiger partial charge in [-0.05, 0) is 25.3 Å². The minimum Gasteiger partial charge on any atom is -0.322 e. The molecule has 2 N–H and O–H groups in total. The second-order valence-electron chi connectivity index (χ2n) is 4.61. The van der Waals surface area contributed by atoms with Crippen molar-refractivity contribution in [3.63, 3.8) is 0 Å². The number of aryl methyl sites for hydroxylation is 1. The number of urea groups is 1. The van der Waals surface area contributed by atoms with E-state index >= 15 is 0 Å². The van der Waals surface area contributed by atoms with E-state index in [4.69, 9.17) is 0 Å². The zero-order chi connectivity index (χ0) is 13.2. The summed E-state index contributed by atoms with van der Waals surface area (Å²) in [5.41, 5.74) is 2.92. The van der Waals surface area contributed by atoms with E-state index in [1.54, 1.807) is 14.0 Å². The third-order valence-electron chi connectivity index (χ3n) is 3.24. The van der Waals surface area contributed by atoms with Gasteiger partial charge in [-0.25, -0.2) is 10.2 Å². The molecule has 1 unspecified atom stereocenters. The molecule has 0 aliphatic carbocycles. The van der Waals surface area contributed by atoms with Crippen molar-refractivity contribution in [1.82, 2.24) is 15.8 Å². The third kappa shape index (κ3) is 2.22. The normalized spacial score (nSPS) is 23.3. The van der Waals surface area contributed by atoms with E-state index in [2.05, 4.69) is 10.7 Å². The Labute approximate surface area is 106 Å². The number of hydrogen-bond donors (Lipinski definition) is 2. The van der Waals surface area contributed by atoms with Crippen LogP contribution >= 0.6 is 0 Å². The highest BCUT2D eigenvalue weighted by Crippen LogP contribution is 2.21. The van der Waals surface area contributed by atoms with Gasteiger partial charge < -0.3 is 5.32 Å². The maximum atomic E-state index is 12.1. The maximum absolute atomic E-state index is 12.1. The van der Waals surface area contributed by atoms with Crippen molar-refractivity contribution in [3.8, 4) is 0 Å². The van der Waals surface area contributed by atoms with Crippen LogP contribution in [0, 0.1) is 0 Å². The molecule has 0 radical (unpaired) electrons. The molecule has 0 spiro atoms. The molecular weight excluding hydrogens is 230 g/mol. The first-order valence-corrected chi connectivity index (χ1v) is 5.95. The lowest BCUT2D eigenvalue weighted by Crippen LogP contribution is -2.46. The van der Waals surface area contributed by atoms with Gasteiger partial charge in [-0.3, -0.25) is 4.79 Å². The third-order valence-corrected chi connectivity index (χ3v) is 3.24. The largest absolute Gasteiger partial charge is 0.339 e. The first-order valence-electron chi connectivity index (χ1n) is 5.95. The average molecular weight is 247 g/mol. The lowest BCUT2D eigenvalue weighted by atomic mass is 9.93. The van der Waals surface area contributed by atoms with Crippen molar-refractivity contribution in [2.45, 2.75) is 25.3 Å². The molecule has 0 bridgehead atoms. The molecule has 1 aromatic carbocycles. The molecule has 0 saturated carbocycles. The van der Waals surface area contributed by atoms with Crippen molar-refractivity contribution in [3.05, 3.63) is 35.9 Å². The monoisotopic (exact) mass is 247 g/mol. The number of hydrogen-bond acceptors (Lipinski definition) is 3. The van der Waals surface area contributed by atoms with Gasteiger partial charge in [0, 0.05) is 7.05 Å². The molecule has 1 aliphatic heterocycles. The topological polar surface area (TPSA) is 61.4 Å². The molecule has 0 aromatic heterocycles. The van der Waals surface area contributed by atoms with Crippen LogP contribution in [0.4, 0.5) is 4.79 Å². The molecule has 18 heavy (non-hydrogen) atoms. The van der Waals surface area contributed by atoms with Gasteiger partial charge >= 0.3 is 6.03 Å². The molecule has 96 valence electrons. The van der Waals surface area contributed by atoms with Crippen molar-refractivity contribution >= 4 is 11.9 Å². The zero-order valence-corrected chi connectivity index (χ0v) is 10.6. The molecule has 1 aliphatic rings. The number of amides is 3. The van der Waals surface area contributed by atoms with Gasteiger partial charge in [-0.1, -0.05) is 30.3 Å². The second kappa shape index (κ2) is 4.78. The van der Waals surface area contributed by atoms with Crippen LogP contribution in [0.1, 0.15) is 18.9 Å². The molecule has 2 rings (SSSR count). The van der Waals surface area contributed by atoms with Crippen molar-refractivity contribution in [1.29, 1.82) is 0 Å². The highest BCUT2D eigenvalue weighted by molar-refractivity contribution is 6.06. The average Bonchev–Trinajstić information content (AvgIpc) is 2.59. The number of imide groups is 1. The number of nitrogens with one attached hydrogen (secondary N) is 2. The Morgan fingerprint density at radius 3 is 2.50 bits per heavy atom. The van der Waals surface area contributed by atoms with E-state index in [1.807, 2.05) is 30.3 Å². The van der Waals surface area contributed by atoms with Gasteiger partial charge in [-0.2, -0.15) is 5.01 Å². The Bertz CT molecular complexity index is 461. The number of rotatable bonds is 4. The minimum absolute atomic E-state index is 0.231. The summed E-state index contributed by atoms with van der Waals surface area (Å²) in [6.07, 6.45) is 1.33. The van der Waals surface area contributed by atoms with E-state index in [9.17, 15) is 9.59 Å². The molecule has 1 aromatic rings. The SMILES string of the molecule is CNN1C(=O)NC(C)(CCc2ccccc2)C1=O. The van der Waals surface area contributed by atoms with E-state index in [-0.39, 0.29) is 5.91 Å². The molecule has 1 heterocycles. The number of carbonyl (C=O) groups excluding carboxylic acids is 2. The number of nitrogens with zero attached hydrogens (tertiary/aromatic N) is 1. The summed E-state index contributed by atoms with van der Waals surface area (Å²) in [6.45, 7) is 1.76. The van der Waals surface area contributed by atoms with Crippen LogP contribution < -0.4 is 10.7 Å². The van der Waals surface area contributed by atoms with Gasteiger partial charge in [0.05, 0.1) is 0 Å². The fourth-order valence-electron chi connectivity index (χ4n) is 2.10. The molecule has 5 nitrogen and oxygen atoms in total. The van der Waals surface area contributed by atoms with Crippen LogP contribution in [0.2, 0.25) is 0 Å². The number of carbonyl (C=O) groups is 2. The first-order chi connectivity index (χ1) is 8.57. The van der Waals surface area contributed by atoms with Gasteiger partial charge in [0.15, 0.2) is 0 Å². The van der Waals surface area contributed by atoms with Crippen LogP contribution in [0.3, 0.4) is 0 Å². The summed E-state index contributed by atoms with van der Waals surface area (Å²) in [6, 6.07) is 9.52. The van der Waals surface area contributed by atoms with Crippen molar-refractivity contribution in [2.24, 2.45) is 0 Å². The molecule has 1 atom stereocenters.